The van der Waals surface area contributed by atoms with Crippen LogP contribution in [-0.4, -0.2) is 15.9 Å². The van der Waals surface area contributed by atoms with E-state index in [0.717, 1.165) is 11.3 Å². The highest BCUT2D eigenvalue weighted by molar-refractivity contribution is 6.90. The van der Waals surface area contributed by atoms with E-state index in [4.69, 9.17) is 4.42 Å². The van der Waals surface area contributed by atoms with Crippen LogP contribution in [0.2, 0.25) is 0 Å². The molecule has 2 aliphatic rings. The Balaban J connectivity index is 1.50. The van der Waals surface area contributed by atoms with Gasteiger partial charge in [-0.2, -0.15) is 0 Å². The van der Waals surface area contributed by atoms with Gasteiger partial charge in [-0.1, -0.05) is 99.6 Å². The molecule has 0 unspecified atom stereocenters. The summed E-state index contributed by atoms with van der Waals surface area (Å²) >= 11 is 0. The van der Waals surface area contributed by atoms with Crippen LogP contribution < -0.4 is 10.9 Å². The van der Waals surface area contributed by atoms with Crippen molar-refractivity contribution in [2.75, 3.05) is 0 Å². The van der Waals surface area contributed by atoms with Crippen molar-refractivity contribution in [3.63, 3.8) is 0 Å². The van der Waals surface area contributed by atoms with Crippen molar-refractivity contribution in [2.24, 2.45) is 0 Å². The Morgan fingerprint density at radius 1 is 0.675 bits per heavy atom. The average molecular weight is 512 g/mol. The number of para-hydroxylation sites is 4. The number of hydrogen-bond donors (Lipinski definition) is 0. The van der Waals surface area contributed by atoms with Crippen LogP contribution in [0.1, 0.15) is 26.3 Å². The topological polar surface area (TPSA) is 23.0 Å². The summed E-state index contributed by atoms with van der Waals surface area (Å²) in [4.78, 5) is 0. The van der Waals surface area contributed by atoms with Crippen molar-refractivity contribution in [3.05, 3.63) is 103 Å². The number of aromatic nitrogens is 2. The molecule has 0 bridgehead atoms. The highest BCUT2D eigenvalue weighted by Gasteiger charge is 2.42. The van der Waals surface area contributed by atoms with Gasteiger partial charge in [0.1, 0.15) is 5.58 Å². The Bertz CT molecular complexity index is 2430. The van der Waals surface area contributed by atoms with Crippen LogP contribution in [0.3, 0.4) is 0 Å². The van der Waals surface area contributed by atoms with E-state index in [0.29, 0.717) is 0 Å². The van der Waals surface area contributed by atoms with Crippen molar-refractivity contribution in [3.8, 4) is 16.8 Å². The fourth-order valence-corrected chi connectivity index (χ4v) is 7.74. The van der Waals surface area contributed by atoms with Crippen LogP contribution in [0.25, 0.3) is 71.6 Å². The number of benzene rings is 5. The lowest BCUT2D eigenvalue weighted by molar-refractivity contribution is 0.590. The van der Waals surface area contributed by atoms with Crippen LogP contribution in [-0.2, 0) is 5.41 Å². The molecule has 3 aromatic heterocycles. The molecular weight excluding hydrogens is 487 g/mol. The number of nitrogens with zero attached hydrogens (tertiary/aromatic N) is 2. The second-order valence-electron chi connectivity index (χ2n) is 12.6. The van der Waals surface area contributed by atoms with Crippen LogP contribution in [0, 0.1) is 0 Å². The Kier molecular flexibility index (Phi) is 3.55. The lowest BCUT2D eigenvalue weighted by Gasteiger charge is -2.35. The Labute approximate surface area is 231 Å². The molecule has 0 spiro atoms. The molecule has 5 heterocycles. The highest BCUT2D eigenvalue weighted by atomic mass is 16.3. The van der Waals surface area contributed by atoms with Gasteiger partial charge in [0.25, 0.3) is 0 Å². The molecule has 0 N–H and O–H groups in total. The second kappa shape index (κ2) is 6.71. The van der Waals surface area contributed by atoms with Gasteiger partial charge in [0.15, 0.2) is 5.71 Å². The molecule has 8 aromatic rings. The zero-order chi connectivity index (χ0) is 26.5. The third kappa shape index (κ3) is 2.29. The average Bonchev–Trinajstić information content (AvgIpc) is 3.61. The summed E-state index contributed by atoms with van der Waals surface area (Å²) in [5.74, 6) is 0. The van der Waals surface area contributed by atoms with Gasteiger partial charge in [0.05, 0.1) is 16.4 Å². The van der Waals surface area contributed by atoms with E-state index in [-0.39, 0.29) is 12.3 Å². The monoisotopic (exact) mass is 512 g/mol. The minimum Gasteiger partial charge on any atom is -0.441 e. The summed E-state index contributed by atoms with van der Waals surface area (Å²) < 4.78 is 11.8. The number of furan rings is 1. The van der Waals surface area contributed by atoms with Crippen LogP contribution in [0.5, 0.6) is 0 Å². The summed E-state index contributed by atoms with van der Waals surface area (Å²) in [6.45, 7) is 6.99. The van der Waals surface area contributed by atoms with Crippen molar-refractivity contribution < 1.29 is 4.42 Å². The highest BCUT2D eigenvalue weighted by Crippen LogP contribution is 2.46. The van der Waals surface area contributed by atoms with Gasteiger partial charge in [-0.15, -0.1) is 0 Å². The van der Waals surface area contributed by atoms with Gasteiger partial charge in [0.2, 0.25) is 0 Å². The molecule has 0 radical (unpaired) electrons. The third-order valence-electron chi connectivity index (χ3n) is 9.45. The summed E-state index contributed by atoms with van der Waals surface area (Å²) in [5, 5.41) is 6.28. The molecule has 0 saturated carbocycles. The van der Waals surface area contributed by atoms with Gasteiger partial charge in [-0.05, 0) is 45.7 Å². The van der Waals surface area contributed by atoms with Crippen molar-refractivity contribution >= 4 is 72.6 Å². The van der Waals surface area contributed by atoms with Gasteiger partial charge in [0, 0.05) is 38.3 Å². The van der Waals surface area contributed by atoms with E-state index in [9.17, 15) is 0 Å². The largest absolute Gasteiger partial charge is 0.441 e. The van der Waals surface area contributed by atoms with Crippen LogP contribution in [0.4, 0.5) is 0 Å². The quantitative estimate of drug-likeness (QED) is 0.190. The lowest BCUT2D eigenvalue weighted by Crippen LogP contribution is -2.55. The van der Waals surface area contributed by atoms with Crippen molar-refractivity contribution in [2.45, 2.75) is 26.2 Å². The molecule has 0 saturated heterocycles. The smallest absolute Gasteiger partial charge is 0.336 e. The fraction of sp³-hybridized carbons (Fsp3) is 0.111. The first-order valence-electron chi connectivity index (χ1n) is 14.2. The van der Waals surface area contributed by atoms with E-state index in [1.54, 1.807) is 0 Å². The molecule has 0 aliphatic carbocycles. The van der Waals surface area contributed by atoms with E-state index in [1.807, 2.05) is 0 Å². The normalized spacial score (nSPS) is 13.8. The van der Waals surface area contributed by atoms with Crippen LogP contribution in [0.15, 0.2) is 101 Å². The summed E-state index contributed by atoms with van der Waals surface area (Å²) in [7, 11) is 0. The summed E-state index contributed by atoms with van der Waals surface area (Å²) in [5.41, 5.74) is 13.8. The fourth-order valence-electron chi connectivity index (χ4n) is 7.74. The van der Waals surface area contributed by atoms with E-state index in [1.165, 1.54) is 76.8 Å². The molecule has 10 rings (SSSR count). The van der Waals surface area contributed by atoms with E-state index < -0.39 is 0 Å². The van der Waals surface area contributed by atoms with E-state index in [2.05, 4.69) is 127 Å². The molecular formula is C36H25BN2O. The number of fused-ring (bicyclic) bond motifs is 12. The molecule has 0 amide bonds. The summed E-state index contributed by atoms with van der Waals surface area (Å²) in [6, 6.07) is 35.9. The van der Waals surface area contributed by atoms with Gasteiger partial charge in [-0.3, -0.25) is 0 Å². The standard InChI is InChI=1S/C36H25BN2O/c1-36(2,3)20-18-26-23-12-8-14-25-31-24-11-5-7-17-30(24)40-35(31)39(33(23)25)37-27-15-9-13-22-21-10-4-6-16-28(21)38(34(22)27)29(19-20)32(26)37/h4-19H,1-3H3. The first-order chi connectivity index (χ1) is 19.5. The SMILES string of the molecule is CC(C)(C)c1cc2c3c(c1)-n1c4ccccc4c4cccc(c41)B3n1c3oc4ccccc4c3c3cccc-2c31. The lowest BCUT2D eigenvalue weighted by atomic mass is 9.45. The molecule has 2 aliphatic heterocycles. The second-order valence-corrected chi connectivity index (χ2v) is 12.6. The first-order valence-corrected chi connectivity index (χ1v) is 14.2. The predicted molar refractivity (Wildman–Crippen MR) is 168 cm³/mol. The van der Waals surface area contributed by atoms with Crippen LogP contribution >= 0.6 is 0 Å². The number of hydrogen-bond acceptors (Lipinski definition) is 1. The third-order valence-corrected chi connectivity index (χ3v) is 9.45. The Morgan fingerprint density at radius 2 is 1.43 bits per heavy atom. The van der Waals surface area contributed by atoms with Gasteiger partial charge >= 0.3 is 6.85 Å². The molecule has 188 valence electrons. The first kappa shape index (κ1) is 21.2. The molecule has 0 fully saturated rings. The minimum absolute atomic E-state index is 0.0111. The molecule has 4 heteroatoms. The maximum Gasteiger partial charge on any atom is 0.336 e. The van der Waals surface area contributed by atoms with Crippen molar-refractivity contribution in [1.29, 1.82) is 0 Å². The maximum atomic E-state index is 6.74. The Hall–Kier alpha value is -4.70. The zero-order valence-electron chi connectivity index (χ0n) is 22.6. The van der Waals surface area contributed by atoms with Crippen molar-refractivity contribution in [1.82, 2.24) is 9.05 Å². The number of rotatable bonds is 0. The minimum atomic E-state index is 0.0111. The van der Waals surface area contributed by atoms with Gasteiger partial charge < -0.3 is 13.5 Å². The predicted octanol–water partition coefficient (Wildman–Crippen LogP) is 7.88. The maximum absolute atomic E-state index is 6.74. The molecule has 3 nitrogen and oxygen atoms in total. The van der Waals surface area contributed by atoms with Gasteiger partial charge in [-0.25, -0.2) is 0 Å². The molecule has 5 aromatic carbocycles. The summed E-state index contributed by atoms with van der Waals surface area (Å²) in [6.07, 6.45) is 0. The molecule has 0 atom stereocenters. The zero-order valence-corrected chi connectivity index (χ0v) is 22.6. The Morgan fingerprint density at radius 3 is 2.30 bits per heavy atom. The van der Waals surface area contributed by atoms with E-state index >= 15 is 0 Å². The molecule has 40 heavy (non-hydrogen) atoms.